The number of benzene rings is 1. The summed E-state index contributed by atoms with van der Waals surface area (Å²) < 4.78 is 7.25. The molecule has 0 unspecified atom stereocenters. The molecule has 1 aromatic heterocycles. The molecule has 0 aliphatic rings. The van der Waals surface area contributed by atoms with Crippen LogP contribution in [0.25, 0.3) is 11.1 Å². The third-order valence-corrected chi connectivity index (χ3v) is 3.77. The number of aromatic nitrogens is 2. The van der Waals surface area contributed by atoms with E-state index in [9.17, 15) is 14.4 Å². The molecule has 0 aliphatic carbocycles. The second-order valence-corrected chi connectivity index (χ2v) is 5.84. The number of carboxylic acids is 1. The highest BCUT2D eigenvalue weighted by Crippen LogP contribution is 2.34. The normalized spacial score (nSPS) is 10.9. The van der Waals surface area contributed by atoms with E-state index in [1.165, 1.54) is 13.3 Å². The fourth-order valence-corrected chi connectivity index (χ4v) is 2.70. The Morgan fingerprint density at radius 1 is 1.29 bits per heavy atom. The van der Waals surface area contributed by atoms with Crippen molar-refractivity contribution in [1.29, 1.82) is 0 Å². The predicted octanol–water partition coefficient (Wildman–Crippen LogP) is 2.00. The molecule has 0 bridgehead atoms. The summed E-state index contributed by atoms with van der Waals surface area (Å²) >= 11 is 6.09. The summed E-state index contributed by atoms with van der Waals surface area (Å²) in [5.41, 5.74) is -0.674. The first-order valence-electron chi connectivity index (χ1n) is 7.18. The first kappa shape index (κ1) is 17.8. The van der Waals surface area contributed by atoms with E-state index in [-0.39, 0.29) is 11.3 Å². The van der Waals surface area contributed by atoms with Crippen molar-refractivity contribution < 1.29 is 14.6 Å². The van der Waals surface area contributed by atoms with Crippen LogP contribution >= 0.6 is 11.6 Å². The van der Waals surface area contributed by atoms with Gasteiger partial charge < -0.3 is 9.84 Å². The standard InChI is InChI=1S/C16H17ClN2O5/c1-9(2)19-15(22)11(7-18(16(19)23)8-13(20)21)10-5-4-6-12(17)14(10)24-3/h4-7,9H,8H2,1-3H3,(H,20,21). The Labute approximate surface area is 142 Å². The molecule has 2 rings (SSSR count). The van der Waals surface area contributed by atoms with Crippen LogP contribution in [0.2, 0.25) is 5.02 Å². The minimum atomic E-state index is -1.19. The second-order valence-electron chi connectivity index (χ2n) is 5.44. The van der Waals surface area contributed by atoms with E-state index in [0.29, 0.717) is 10.6 Å². The quantitative estimate of drug-likeness (QED) is 0.888. The van der Waals surface area contributed by atoms with Crippen LogP contribution in [0.5, 0.6) is 5.75 Å². The third kappa shape index (κ3) is 3.21. The molecule has 7 nitrogen and oxygen atoms in total. The van der Waals surface area contributed by atoms with Gasteiger partial charge in [0.05, 0.1) is 17.7 Å². The minimum Gasteiger partial charge on any atom is -0.495 e. The molecule has 1 N–H and O–H groups in total. The number of nitrogens with zero attached hydrogens (tertiary/aromatic N) is 2. The van der Waals surface area contributed by atoms with Crippen LogP contribution in [0, 0.1) is 0 Å². The molecular formula is C16H17ClN2O5. The van der Waals surface area contributed by atoms with Crippen molar-refractivity contribution in [2.75, 3.05) is 7.11 Å². The number of hydrogen-bond donors (Lipinski definition) is 1. The molecule has 128 valence electrons. The van der Waals surface area contributed by atoms with Gasteiger partial charge in [-0.05, 0) is 19.9 Å². The SMILES string of the molecule is COc1c(Cl)cccc1-c1cn(CC(=O)O)c(=O)n(C(C)C)c1=O. The number of rotatable bonds is 5. The third-order valence-electron chi connectivity index (χ3n) is 3.47. The van der Waals surface area contributed by atoms with Crippen LogP contribution in [-0.2, 0) is 11.3 Å². The van der Waals surface area contributed by atoms with E-state index >= 15 is 0 Å². The lowest BCUT2D eigenvalue weighted by Gasteiger charge is -2.16. The summed E-state index contributed by atoms with van der Waals surface area (Å²) in [5.74, 6) is -0.901. The minimum absolute atomic E-state index is 0.143. The van der Waals surface area contributed by atoms with Gasteiger partial charge in [-0.3, -0.25) is 18.7 Å². The number of carboxylic acid groups (broad SMARTS) is 1. The van der Waals surface area contributed by atoms with Gasteiger partial charge in [0, 0.05) is 17.8 Å². The van der Waals surface area contributed by atoms with Gasteiger partial charge in [0.2, 0.25) is 0 Å². The zero-order valence-corrected chi connectivity index (χ0v) is 14.2. The van der Waals surface area contributed by atoms with E-state index in [1.807, 2.05) is 0 Å². The van der Waals surface area contributed by atoms with Crippen LogP contribution < -0.4 is 16.0 Å². The summed E-state index contributed by atoms with van der Waals surface area (Å²) in [5, 5.41) is 9.31. The van der Waals surface area contributed by atoms with E-state index in [1.54, 1.807) is 32.0 Å². The van der Waals surface area contributed by atoms with Crippen LogP contribution in [0.4, 0.5) is 0 Å². The molecule has 0 fully saturated rings. The fraction of sp³-hybridized carbons (Fsp3) is 0.312. The number of para-hydroxylation sites is 1. The largest absolute Gasteiger partial charge is 0.495 e. The molecule has 24 heavy (non-hydrogen) atoms. The molecule has 1 aromatic carbocycles. The molecule has 0 aliphatic heterocycles. The van der Waals surface area contributed by atoms with Crippen molar-refractivity contribution in [3.8, 4) is 16.9 Å². The average Bonchev–Trinajstić information content (AvgIpc) is 2.49. The van der Waals surface area contributed by atoms with Gasteiger partial charge in [0.25, 0.3) is 5.56 Å². The van der Waals surface area contributed by atoms with Crippen molar-refractivity contribution >= 4 is 17.6 Å². The van der Waals surface area contributed by atoms with E-state index in [2.05, 4.69) is 0 Å². The monoisotopic (exact) mass is 352 g/mol. The Kier molecular flexibility index (Phi) is 5.14. The second kappa shape index (κ2) is 6.92. The van der Waals surface area contributed by atoms with Gasteiger partial charge in [-0.15, -0.1) is 0 Å². The summed E-state index contributed by atoms with van der Waals surface area (Å²) in [6, 6.07) is 4.45. The number of hydrogen-bond acceptors (Lipinski definition) is 4. The van der Waals surface area contributed by atoms with Gasteiger partial charge in [-0.1, -0.05) is 23.7 Å². The molecule has 2 aromatic rings. The highest BCUT2D eigenvalue weighted by Gasteiger charge is 2.19. The van der Waals surface area contributed by atoms with Crippen molar-refractivity contribution in [2.45, 2.75) is 26.4 Å². The molecule has 1 heterocycles. The molecule has 0 atom stereocenters. The van der Waals surface area contributed by atoms with Gasteiger partial charge >= 0.3 is 11.7 Å². The average molecular weight is 353 g/mol. The zero-order valence-electron chi connectivity index (χ0n) is 13.4. The number of ether oxygens (including phenoxy) is 1. The van der Waals surface area contributed by atoms with Crippen LogP contribution in [0.15, 0.2) is 34.0 Å². The molecule has 0 spiro atoms. The maximum atomic E-state index is 12.8. The molecule has 0 amide bonds. The van der Waals surface area contributed by atoms with Crippen molar-refractivity contribution in [1.82, 2.24) is 9.13 Å². The first-order chi connectivity index (χ1) is 11.3. The Bertz CT molecular complexity index is 898. The van der Waals surface area contributed by atoms with Gasteiger partial charge in [-0.2, -0.15) is 0 Å². The van der Waals surface area contributed by atoms with E-state index in [4.69, 9.17) is 21.4 Å². The topological polar surface area (TPSA) is 90.5 Å². The van der Waals surface area contributed by atoms with Gasteiger partial charge in [-0.25, -0.2) is 4.79 Å². The lowest BCUT2D eigenvalue weighted by Crippen LogP contribution is -2.42. The van der Waals surface area contributed by atoms with Crippen molar-refractivity contribution in [3.05, 3.63) is 50.3 Å². The lowest BCUT2D eigenvalue weighted by molar-refractivity contribution is -0.137. The highest BCUT2D eigenvalue weighted by molar-refractivity contribution is 6.32. The number of halogens is 1. The van der Waals surface area contributed by atoms with Crippen LogP contribution in [0.1, 0.15) is 19.9 Å². The van der Waals surface area contributed by atoms with Gasteiger partial charge in [0.15, 0.2) is 0 Å². The number of carbonyl (C=O) groups is 1. The van der Waals surface area contributed by atoms with Gasteiger partial charge in [0.1, 0.15) is 12.3 Å². The van der Waals surface area contributed by atoms with Crippen molar-refractivity contribution in [2.24, 2.45) is 0 Å². The first-order valence-corrected chi connectivity index (χ1v) is 7.56. The number of methoxy groups -OCH3 is 1. The Morgan fingerprint density at radius 2 is 1.96 bits per heavy atom. The van der Waals surface area contributed by atoms with Crippen LogP contribution in [-0.4, -0.2) is 27.3 Å². The molecular weight excluding hydrogens is 336 g/mol. The molecule has 0 radical (unpaired) electrons. The number of aliphatic carboxylic acids is 1. The summed E-state index contributed by atoms with van der Waals surface area (Å²) in [7, 11) is 1.42. The molecule has 0 saturated carbocycles. The summed E-state index contributed by atoms with van der Waals surface area (Å²) in [4.78, 5) is 36.1. The highest BCUT2D eigenvalue weighted by atomic mass is 35.5. The van der Waals surface area contributed by atoms with E-state index < -0.39 is 29.8 Å². The molecule has 0 saturated heterocycles. The maximum Gasteiger partial charge on any atom is 0.331 e. The lowest BCUT2D eigenvalue weighted by atomic mass is 10.1. The summed E-state index contributed by atoms with van der Waals surface area (Å²) in [6.07, 6.45) is 1.23. The Hall–Kier alpha value is -2.54. The van der Waals surface area contributed by atoms with Crippen LogP contribution in [0.3, 0.4) is 0 Å². The summed E-state index contributed by atoms with van der Waals surface area (Å²) in [6.45, 7) is 2.79. The van der Waals surface area contributed by atoms with Crippen molar-refractivity contribution in [3.63, 3.8) is 0 Å². The Balaban J connectivity index is 2.87. The fourth-order valence-electron chi connectivity index (χ4n) is 2.45. The smallest absolute Gasteiger partial charge is 0.331 e. The Morgan fingerprint density at radius 3 is 2.50 bits per heavy atom. The zero-order chi connectivity index (χ0) is 18.0. The maximum absolute atomic E-state index is 12.8. The van der Waals surface area contributed by atoms with E-state index in [0.717, 1.165) is 9.13 Å². The molecule has 8 heteroatoms. The predicted molar refractivity (Wildman–Crippen MR) is 90.0 cm³/mol.